The molecule has 0 saturated heterocycles. The molecule has 0 unspecified atom stereocenters. The maximum atomic E-state index is 12.0. The van der Waals surface area contributed by atoms with E-state index in [0.717, 1.165) is 17.7 Å². The van der Waals surface area contributed by atoms with Crippen molar-refractivity contribution in [3.63, 3.8) is 0 Å². The van der Waals surface area contributed by atoms with Crippen molar-refractivity contribution in [1.82, 2.24) is 5.32 Å². The highest BCUT2D eigenvalue weighted by molar-refractivity contribution is 7.14. The third kappa shape index (κ3) is 4.52. The Balaban J connectivity index is 2.70. The highest BCUT2D eigenvalue weighted by Crippen LogP contribution is 2.18. The molecule has 3 nitrogen and oxygen atoms in total. The van der Waals surface area contributed by atoms with Crippen molar-refractivity contribution in [2.75, 3.05) is 6.61 Å². The van der Waals surface area contributed by atoms with Crippen LogP contribution in [0.15, 0.2) is 12.1 Å². The van der Waals surface area contributed by atoms with Gasteiger partial charge < -0.3 is 10.4 Å². The van der Waals surface area contributed by atoms with Gasteiger partial charge in [-0.25, -0.2) is 0 Å². The maximum absolute atomic E-state index is 12.0. The summed E-state index contributed by atoms with van der Waals surface area (Å²) in [5.74, 6) is 5.31. The van der Waals surface area contributed by atoms with Gasteiger partial charge in [0, 0.05) is 5.54 Å². The molecule has 1 rings (SSSR count). The lowest BCUT2D eigenvalue weighted by Crippen LogP contribution is -2.42. The molecule has 0 spiro atoms. The van der Waals surface area contributed by atoms with E-state index < -0.39 is 0 Å². The summed E-state index contributed by atoms with van der Waals surface area (Å²) < 4.78 is 0. The van der Waals surface area contributed by atoms with Crippen molar-refractivity contribution in [3.8, 4) is 11.8 Å². The molecule has 0 aliphatic heterocycles. The summed E-state index contributed by atoms with van der Waals surface area (Å²) in [7, 11) is 0. The highest BCUT2D eigenvalue weighted by atomic mass is 32.1. The smallest absolute Gasteiger partial charge is 0.261 e. The standard InChI is InChI=1S/C14H19NO2S/c1-4-9-14(2,3)15-13(17)12-8-7-11(18-12)6-5-10-16/h7-8,16H,4,9-10H2,1-3H3,(H,15,17). The van der Waals surface area contributed by atoms with Gasteiger partial charge in [-0.05, 0) is 32.4 Å². The molecule has 4 heteroatoms. The summed E-state index contributed by atoms with van der Waals surface area (Å²) in [6.45, 7) is 5.98. The monoisotopic (exact) mass is 265 g/mol. The second-order valence-electron chi connectivity index (χ2n) is 4.71. The summed E-state index contributed by atoms with van der Waals surface area (Å²) in [5, 5.41) is 11.6. The van der Waals surface area contributed by atoms with Gasteiger partial charge in [0.1, 0.15) is 6.61 Å². The van der Waals surface area contributed by atoms with E-state index in [9.17, 15) is 4.79 Å². The lowest BCUT2D eigenvalue weighted by atomic mass is 9.99. The minimum absolute atomic E-state index is 0.0597. The predicted octanol–water partition coefficient (Wildman–Crippen LogP) is 2.40. The van der Waals surface area contributed by atoms with Crippen LogP contribution < -0.4 is 5.32 Å². The molecule has 0 saturated carbocycles. The molecule has 0 bridgehead atoms. The van der Waals surface area contributed by atoms with Gasteiger partial charge in [0.05, 0.1) is 9.75 Å². The fraction of sp³-hybridized carbons (Fsp3) is 0.500. The van der Waals surface area contributed by atoms with Gasteiger partial charge in [-0.2, -0.15) is 0 Å². The van der Waals surface area contributed by atoms with Crippen LogP contribution in [0.1, 0.15) is 48.2 Å². The number of aliphatic hydroxyl groups excluding tert-OH is 1. The molecule has 1 aromatic heterocycles. The first-order chi connectivity index (χ1) is 8.48. The first kappa shape index (κ1) is 14.7. The summed E-state index contributed by atoms with van der Waals surface area (Å²) in [5.41, 5.74) is -0.188. The van der Waals surface area contributed by atoms with Crippen LogP contribution in [0.3, 0.4) is 0 Å². The van der Waals surface area contributed by atoms with Gasteiger partial charge >= 0.3 is 0 Å². The van der Waals surface area contributed by atoms with E-state index in [1.165, 1.54) is 11.3 Å². The average molecular weight is 265 g/mol. The van der Waals surface area contributed by atoms with Crippen molar-refractivity contribution in [1.29, 1.82) is 0 Å². The Morgan fingerprint density at radius 2 is 2.22 bits per heavy atom. The minimum Gasteiger partial charge on any atom is -0.384 e. The van der Waals surface area contributed by atoms with Crippen LogP contribution in [0, 0.1) is 11.8 Å². The van der Waals surface area contributed by atoms with E-state index in [1.807, 2.05) is 13.8 Å². The van der Waals surface area contributed by atoms with E-state index in [-0.39, 0.29) is 18.1 Å². The first-order valence-electron chi connectivity index (χ1n) is 6.00. The number of thiophene rings is 1. The number of aliphatic hydroxyl groups is 1. The Hall–Kier alpha value is -1.31. The van der Waals surface area contributed by atoms with E-state index in [0.29, 0.717) is 4.88 Å². The Morgan fingerprint density at radius 3 is 2.83 bits per heavy atom. The largest absolute Gasteiger partial charge is 0.384 e. The number of carbonyl (C=O) groups is 1. The normalized spacial score (nSPS) is 10.7. The Bertz CT molecular complexity index is 466. The molecule has 98 valence electrons. The number of nitrogens with one attached hydrogen (secondary N) is 1. The summed E-state index contributed by atoms with van der Waals surface area (Å²) in [4.78, 5) is 13.5. The van der Waals surface area contributed by atoms with E-state index in [4.69, 9.17) is 5.11 Å². The molecule has 0 aliphatic rings. The summed E-state index contributed by atoms with van der Waals surface area (Å²) >= 11 is 1.34. The Kier molecular flexibility index (Phi) is 5.39. The molecular formula is C14H19NO2S. The zero-order valence-electron chi connectivity index (χ0n) is 11.0. The van der Waals surface area contributed by atoms with Crippen molar-refractivity contribution >= 4 is 17.2 Å². The molecular weight excluding hydrogens is 246 g/mol. The van der Waals surface area contributed by atoms with Gasteiger partial charge in [-0.1, -0.05) is 25.2 Å². The van der Waals surface area contributed by atoms with Crippen molar-refractivity contribution in [3.05, 3.63) is 21.9 Å². The van der Waals surface area contributed by atoms with Crippen LogP contribution in [0.2, 0.25) is 0 Å². The van der Waals surface area contributed by atoms with E-state index in [1.54, 1.807) is 12.1 Å². The van der Waals surface area contributed by atoms with Gasteiger partial charge in [0.25, 0.3) is 5.91 Å². The lowest BCUT2D eigenvalue weighted by Gasteiger charge is -2.25. The number of amides is 1. The fourth-order valence-electron chi connectivity index (χ4n) is 1.71. The van der Waals surface area contributed by atoms with E-state index >= 15 is 0 Å². The van der Waals surface area contributed by atoms with Crippen LogP contribution in [-0.4, -0.2) is 23.2 Å². The van der Waals surface area contributed by atoms with Crippen molar-refractivity contribution < 1.29 is 9.90 Å². The quantitative estimate of drug-likeness (QED) is 0.821. The van der Waals surface area contributed by atoms with Crippen molar-refractivity contribution in [2.24, 2.45) is 0 Å². The molecule has 18 heavy (non-hydrogen) atoms. The zero-order chi connectivity index (χ0) is 13.6. The Labute approximate surface area is 112 Å². The number of rotatable bonds is 4. The molecule has 1 amide bonds. The third-order valence-electron chi connectivity index (χ3n) is 2.45. The van der Waals surface area contributed by atoms with Gasteiger partial charge in [0.15, 0.2) is 0 Å². The lowest BCUT2D eigenvalue weighted by molar-refractivity contribution is 0.0913. The molecule has 1 heterocycles. The van der Waals surface area contributed by atoms with Gasteiger partial charge in [0.2, 0.25) is 0 Å². The number of carbonyl (C=O) groups excluding carboxylic acids is 1. The van der Waals surface area contributed by atoms with Crippen LogP contribution >= 0.6 is 11.3 Å². The third-order valence-corrected chi connectivity index (χ3v) is 3.45. The fourth-order valence-corrected chi connectivity index (χ4v) is 2.49. The van der Waals surface area contributed by atoms with Crippen LogP contribution in [-0.2, 0) is 0 Å². The summed E-state index contributed by atoms with van der Waals surface area (Å²) in [6, 6.07) is 3.57. The van der Waals surface area contributed by atoms with E-state index in [2.05, 4.69) is 24.1 Å². The SMILES string of the molecule is CCCC(C)(C)NC(=O)c1ccc(C#CCO)s1. The topological polar surface area (TPSA) is 49.3 Å². The molecule has 0 fully saturated rings. The second kappa shape index (κ2) is 6.58. The van der Waals surface area contributed by atoms with Crippen LogP contribution in [0.25, 0.3) is 0 Å². The highest BCUT2D eigenvalue weighted by Gasteiger charge is 2.20. The molecule has 1 aromatic rings. The average Bonchev–Trinajstić information content (AvgIpc) is 2.74. The zero-order valence-corrected chi connectivity index (χ0v) is 11.9. The summed E-state index contributed by atoms with van der Waals surface area (Å²) in [6.07, 6.45) is 1.98. The van der Waals surface area contributed by atoms with Crippen LogP contribution in [0.4, 0.5) is 0 Å². The molecule has 0 aliphatic carbocycles. The number of hydrogen-bond donors (Lipinski definition) is 2. The molecule has 2 N–H and O–H groups in total. The second-order valence-corrected chi connectivity index (χ2v) is 5.80. The predicted molar refractivity (Wildman–Crippen MR) is 74.7 cm³/mol. The van der Waals surface area contributed by atoms with Crippen LogP contribution in [0.5, 0.6) is 0 Å². The molecule has 0 atom stereocenters. The van der Waals surface area contributed by atoms with Gasteiger partial charge in [-0.15, -0.1) is 11.3 Å². The first-order valence-corrected chi connectivity index (χ1v) is 6.82. The molecule has 0 aromatic carbocycles. The number of hydrogen-bond acceptors (Lipinski definition) is 3. The van der Waals surface area contributed by atoms with Crippen molar-refractivity contribution in [2.45, 2.75) is 39.2 Å². The maximum Gasteiger partial charge on any atom is 0.261 e. The molecule has 0 radical (unpaired) electrons. The van der Waals surface area contributed by atoms with Gasteiger partial charge in [-0.3, -0.25) is 4.79 Å². The Morgan fingerprint density at radius 1 is 1.50 bits per heavy atom. The minimum atomic E-state index is -0.188.